The van der Waals surface area contributed by atoms with Crippen molar-refractivity contribution in [3.05, 3.63) is 64.1 Å². The first kappa shape index (κ1) is 30.0. The average Bonchev–Trinajstić information content (AvgIpc) is 2.96. The molecule has 0 saturated carbocycles. The minimum Gasteiger partial charge on any atom is -0.488 e. The van der Waals surface area contributed by atoms with Crippen molar-refractivity contribution in [2.45, 2.75) is 58.2 Å². The van der Waals surface area contributed by atoms with Gasteiger partial charge in [0.15, 0.2) is 5.75 Å². The molecule has 1 N–H and O–H groups in total. The Morgan fingerprint density at radius 2 is 2.00 bits per heavy atom. The maximum Gasteiger partial charge on any atom is 0.350 e. The molecule has 5 rings (SSSR count). The van der Waals surface area contributed by atoms with Crippen molar-refractivity contribution >= 4 is 34.2 Å². The zero-order valence-electron chi connectivity index (χ0n) is 24.1. The highest BCUT2D eigenvalue weighted by Gasteiger charge is 2.36. The Labute approximate surface area is 248 Å². The van der Waals surface area contributed by atoms with E-state index in [4.69, 9.17) is 16.3 Å². The second-order valence-corrected chi connectivity index (χ2v) is 11.5. The predicted octanol–water partition coefficient (Wildman–Crippen LogP) is 5.32. The van der Waals surface area contributed by atoms with Gasteiger partial charge in [0.1, 0.15) is 24.1 Å². The van der Waals surface area contributed by atoms with Gasteiger partial charge in [0, 0.05) is 47.8 Å². The summed E-state index contributed by atoms with van der Waals surface area (Å²) < 4.78 is 36.8. The van der Waals surface area contributed by atoms with Crippen LogP contribution >= 0.6 is 11.6 Å². The van der Waals surface area contributed by atoms with E-state index < -0.39 is 17.3 Å². The second kappa shape index (κ2) is 12.4. The number of hydrogen-bond acceptors (Lipinski definition) is 6. The van der Waals surface area contributed by atoms with E-state index >= 15 is 4.39 Å². The first-order chi connectivity index (χ1) is 20.2. The van der Waals surface area contributed by atoms with E-state index in [0.717, 1.165) is 32.0 Å². The number of ether oxygens (including phenoxy) is 1. The van der Waals surface area contributed by atoms with E-state index in [-0.39, 0.29) is 52.5 Å². The quantitative estimate of drug-likeness (QED) is 0.265. The van der Waals surface area contributed by atoms with E-state index in [2.05, 4.69) is 23.8 Å². The molecule has 224 valence electrons. The lowest BCUT2D eigenvalue weighted by atomic mass is 9.98. The summed E-state index contributed by atoms with van der Waals surface area (Å²) in [6.07, 6.45) is 3.82. The van der Waals surface area contributed by atoms with Crippen LogP contribution in [0.4, 0.5) is 14.6 Å². The zero-order chi connectivity index (χ0) is 30.1. The topological polar surface area (TPSA) is 79.7 Å². The predicted molar refractivity (Wildman–Crippen MR) is 161 cm³/mol. The Morgan fingerprint density at radius 1 is 1.21 bits per heavy atom. The van der Waals surface area contributed by atoms with Crippen LogP contribution in [0.15, 0.2) is 41.7 Å². The van der Waals surface area contributed by atoms with Crippen LogP contribution in [0.2, 0.25) is 5.02 Å². The van der Waals surface area contributed by atoms with Gasteiger partial charge in [0.05, 0.1) is 16.6 Å². The normalized spacial score (nSPS) is 20.1. The van der Waals surface area contributed by atoms with Crippen molar-refractivity contribution < 1.29 is 18.3 Å². The molecule has 2 aliphatic heterocycles. The molecule has 1 saturated heterocycles. The number of carbonyl (C=O) groups excluding carboxylic acids is 1. The molecule has 3 aromatic rings. The SMILES string of the molecule is C=CC(=O)N1C[C@H](C)N(c2nc(=O)n3c4c(c(-c5ccc(F)cc5F)c(Cl)cc24)OC[C@H]3CCCNCCC)C[C@H]1C. The highest BCUT2D eigenvalue weighted by Crippen LogP contribution is 2.47. The lowest BCUT2D eigenvalue weighted by Crippen LogP contribution is -2.58. The molecule has 1 aromatic heterocycles. The van der Waals surface area contributed by atoms with Gasteiger partial charge in [-0.3, -0.25) is 9.36 Å². The van der Waals surface area contributed by atoms with Crippen LogP contribution in [0.1, 0.15) is 46.1 Å². The molecule has 2 aromatic carbocycles. The number of amides is 1. The fourth-order valence-electron chi connectivity index (χ4n) is 6.04. The molecule has 0 bridgehead atoms. The van der Waals surface area contributed by atoms with E-state index in [0.29, 0.717) is 36.2 Å². The number of benzene rings is 2. The van der Waals surface area contributed by atoms with Crippen LogP contribution < -0.4 is 20.6 Å². The van der Waals surface area contributed by atoms with Crippen LogP contribution in [0.25, 0.3) is 22.0 Å². The molecular formula is C31H36ClF2N5O3. The molecule has 3 heterocycles. The maximum atomic E-state index is 15.1. The third-order valence-electron chi connectivity index (χ3n) is 8.12. The fraction of sp³-hybridized carbons (Fsp3) is 0.452. The third kappa shape index (κ3) is 5.49. The summed E-state index contributed by atoms with van der Waals surface area (Å²) in [5.74, 6) is -0.948. The number of nitrogens with one attached hydrogen (secondary N) is 1. The summed E-state index contributed by atoms with van der Waals surface area (Å²) in [6, 6.07) is 4.35. The number of piperazine rings is 1. The van der Waals surface area contributed by atoms with Crippen LogP contribution in [-0.4, -0.2) is 65.2 Å². The largest absolute Gasteiger partial charge is 0.488 e. The van der Waals surface area contributed by atoms with Gasteiger partial charge in [-0.15, -0.1) is 0 Å². The zero-order valence-corrected chi connectivity index (χ0v) is 24.9. The molecule has 0 radical (unpaired) electrons. The molecular weight excluding hydrogens is 564 g/mol. The standard InChI is InChI=1S/C31H36ClF2N5O3/c1-5-11-35-12-7-8-21-17-42-29-27(22-10-9-20(33)13-25(22)34)24(32)14-23-28(29)39(21)31(41)36-30(23)38-16-18(3)37(15-19(38)4)26(40)6-2/h6,9-10,13-14,18-19,21,35H,2,5,7-8,11-12,15-17H2,1,3-4H3/t18-,19+,21-/m1/s1. The number of aromatic nitrogens is 2. The highest BCUT2D eigenvalue weighted by atomic mass is 35.5. The Balaban J connectivity index is 1.67. The first-order valence-electron chi connectivity index (χ1n) is 14.4. The van der Waals surface area contributed by atoms with E-state index in [9.17, 15) is 14.0 Å². The summed E-state index contributed by atoms with van der Waals surface area (Å²) in [6.45, 7) is 12.4. The summed E-state index contributed by atoms with van der Waals surface area (Å²) >= 11 is 6.83. The van der Waals surface area contributed by atoms with Gasteiger partial charge in [0.2, 0.25) is 5.91 Å². The van der Waals surface area contributed by atoms with E-state index in [1.165, 1.54) is 18.2 Å². The minimum atomic E-state index is -0.783. The molecule has 0 unspecified atom stereocenters. The first-order valence-corrected chi connectivity index (χ1v) is 14.8. The number of rotatable bonds is 9. The van der Waals surface area contributed by atoms with Gasteiger partial charge in [-0.1, -0.05) is 25.1 Å². The molecule has 1 amide bonds. The van der Waals surface area contributed by atoms with Crippen LogP contribution in [0, 0.1) is 11.6 Å². The maximum absolute atomic E-state index is 15.1. The smallest absolute Gasteiger partial charge is 0.350 e. The van der Waals surface area contributed by atoms with Gasteiger partial charge in [-0.25, -0.2) is 13.6 Å². The lowest BCUT2D eigenvalue weighted by molar-refractivity contribution is -0.128. The number of nitrogens with zero attached hydrogens (tertiary/aromatic N) is 4. The summed E-state index contributed by atoms with van der Waals surface area (Å²) in [5, 5.41) is 4.17. The van der Waals surface area contributed by atoms with Crippen LogP contribution in [0.5, 0.6) is 5.75 Å². The molecule has 0 aliphatic carbocycles. The Hall–Kier alpha value is -3.50. The van der Waals surface area contributed by atoms with Gasteiger partial charge in [-0.05, 0) is 70.5 Å². The number of anilines is 1. The van der Waals surface area contributed by atoms with Gasteiger partial charge < -0.3 is 19.9 Å². The molecule has 3 atom stereocenters. The number of halogens is 3. The fourth-order valence-corrected chi connectivity index (χ4v) is 6.34. The Kier molecular flexibility index (Phi) is 8.84. The van der Waals surface area contributed by atoms with Gasteiger partial charge >= 0.3 is 5.69 Å². The monoisotopic (exact) mass is 599 g/mol. The van der Waals surface area contributed by atoms with Crippen LogP contribution in [0.3, 0.4) is 0 Å². The number of hydrogen-bond donors (Lipinski definition) is 1. The van der Waals surface area contributed by atoms with Crippen molar-refractivity contribution in [2.24, 2.45) is 0 Å². The van der Waals surface area contributed by atoms with Crippen molar-refractivity contribution in [3.8, 4) is 16.9 Å². The Bertz CT molecular complexity index is 1580. The second-order valence-electron chi connectivity index (χ2n) is 11.1. The number of carbonyl (C=O) groups is 1. The lowest BCUT2D eigenvalue weighted by Gasteiger charge is -2.45. The summed E-state index contributed by atoms with van der Waals surface area (Å²) in [7, 11) is 0. The minimum absolute atomic E-state index is 0.0800. The van der Waals surface area contributed by atoms with Gasteiger partial charge in [0.25, 0.3) is 0 Å². The molecule has 42 heavy (non-hydrogen) atoms. The summed E-state index contributed by atoms with van der Waals surface area (Å²) in [4.78, 5) is 34.6. The summed E-state index contributed by atoms with van der Waals surface area (Å²) in [5.41, 5.74) is 0.385. The van der Waals surface area contributed by atoms with Crippen molar-refractivity contribution in [3.63, 3.8) is 0 Å². The third-order valence-corrected chi connectivity index (χ3v) is 8.41. The molecule has 1 fully saturated rings. The average molecular weight is 600 g/mol. The Morgan fingerprint density at radius 3 is 2.71 bits per heavy atom. The molecule has 8 nitrogen and oxygen atoms in total. The van der Waals surface area contributed by atoms with E-state index in [1.54, 1.807) is 15.5 Å². The molecule has 0 spiro atoms. The van der Waals surface area contributed by atoms with E-state index in [1.807, 2.05) is 18.7 Å². The highest BCUT2D eigenvalue weighted by molar-refractivity contribution is 6.35. The van der Waals surface area contributed by atoms with Crippen molar-refractivity contribution in [2.75, 3.05) is 37.7 Å². The van der Waals surface area contributed by atoms with Crippen molar-refractivity contribution in [1.82, 2.24) is 19.8 Å². The van der Waals surface area contributed by atoms with Crippen molar-refractivity contribution in [1.29, 1.82) is 0 Å². The van der Waals surface area contributed by atoms with Crippen LogP contribution in [-0.2, 0) is 4.79 Å². The molecule has 11 heteroatoms. The van der Waals surface area contributed by atoms with Gasteiger partial charge in [-0.2, -0.15) is 4.98 Å². The molecule has 2 aliphatic rings.